The maximum absolute atomic E-state index is 13.4. The normalized spacial score (nSPS) is 15.0. The van der Waals surface area contributed by atoms with Gasteiger partial charge in [-0.2, -0.15) is 0 Å². The lowest BCUT2D eigenvalue weighted by atomic mass is 9.89. The summed E-state index contributed by atoms with van der Waals surface area (Å²) in [7, 11) is 1.40. The number of aryl methyl sites for hydroxylation is 2. The number of hydrogen-bond acceptors (Lipinski definition) is 7. The van der Waals surface area contributed by atoms with Crippen LogP contribution < -0.4 is 14.8 Å². The summed E-state index contributed by atoms with van der Waals surface area (Å²) < 4.78 is 52.6. The van der Waals surface area contributed by atoms with Crippen molar-refractivity contribution >= 4 is 17.2 Å². The van der Waals surface area contributed by atoms with Crippen molar-refractivity contribution in [2.75, 3.05) is 12.4 Å². The molecule has 0 saturated heterocycles. The number of nitrogens with one attached hydrogen (secondary N) is 1. The monoisotopic (exact) mass is 515 g/mol. The number of hydrogen-bond donors (Lipinski definition) is 2. The molecule has 0 bridgehead atoms. The molecule has 3 aromatic rings. The largest absolute Gasteiger partial charge is 0.573 e. The number of alkyl halides is 3. The maximum Gasteiger partial charge on any atom is 0.573 e. The van der Waals surface area contributed by atoms with Crippen LogP contribution in [-0.2, 0) is 11.3 Å². The van der Waals surface area contributed by atoms with Crippen molar-refractivity contribution in [3.05, 3.63) is 83.4 Å². The number of carbonyl (C=O) groups is 1. The number of amides is 1. The van der Waals surface area contributed by atoms with Crippen molar-refractivity contribution < 1.29 is 37.1 Å². The highest BCUT2D eigenvalue weighted by molar-refractivity contribution is 6.26. The molecule has 2 aromatic carbocycles. The Morgan fingerprint density at radius 3 is 2.68 bits per heavy atom. The van der Waals surface area contributed by atoms with Gasteiger partial charge in [0.25, 0.3) is 5.91 Å². The molecule has 2 N–H and O–H groups in total. The van der Waals surface area contributed by atoms with E-state index in [-0.39, 0.29) is 29.4 Å². The molecular weight excluding hydrogens is 491 g/mol. The SMILES string of the molecule is C=CC1c2cc(OC)c(O)cc2C(C(=O)Nc2c(C)noc2C)=CN1Cc1cccc(OC(F)(F)F)c1. The van der Waals surface area contributed by atoms with E-state index in [4.69, 9.17) is 9.26 Å². The topological polar surface area (TPSA) is 97.1 Å². The molecule has 0 aliphatic carbocycles. The van der Waals surface area contributed by atoms with Crippen LogP contribution in [0.25, 0.3) is 5.57 Å². The number of ether oxygens (including phenoxy) is 2. The molecule has 4 rings (SSSR count). The van der Waals surface area contributed by atoms with Gasteiger partial charge in [0.15, 0.2) is 17.3 Å². The smallest absolute Gasteiger partial charge is 0.504 e. The number of methoxy groups -OCH3 is 1. The number of nitrogens with zero attached hydrogens (tertiary/aromatic N) is 2. The number of benzene rings is 2. The van der Waals surface area contributed by atoms with Crippen molar-refractivity contribution in [2.24, 2.45) is 0 Å². The van der Waals surface area contributed by atoms with Crippen LogP contribution in [0.3, 0.4) is 0 Å². The fraction of sp³-hybridized carbons (Fsp3) is 0.231. The van der Waals surface area contributed by atoms with Crippen LogP contribution in [-0.4, -0.2) is 34.5 Å². The molecule has 37 heavy (non-hydrogen) atoms. The number of aromatic nitrogens is 1. The van der Waals surface area contributed by atoms with Gasteiger partial charge in [0.1, 0.15) is 17.1 Å². The lowest BCUT2D eigenvalue weighted by molar-refractivity contribution is -0.274. The highest BCUT2D eigenvalue weighted by atomic mass is 19.4. The number of carbonyl (C=O) groups excluding carboxylic acids is 1. The fourth-order valence-electron chi connectivity index (χ4n) is 4.20. The molecule has 1 unspecified atom stereocenters. The van der Waals surface area contributed by atoms with E-state index < -0.39 is 18.3 Å². The third kappa shape index (κ3) is 5.40. The van der Waals surface area contributed by atoms with E-state index in [0.29, 0.717) is 33.8 Å². The first-order chi connectivity index (χ1) is 17.5. The van der Waals surface area contributed by atoms with Crippen LogP contribution in [0.4, 0.5) is 18.9 Å². The number of phenols is 1. The van der Waals surface area contributed by atoms with Crippen molar-refractivity contribution in [1.29, 1.82) is 0 Å². The Kier molecular flexibility index (Phi) is 6.88. The molecule has 2 heterocycles. The van der Waals surface area contributed by atoms with Crippen molar-refractivity contribution in [3.63, 3.8) is 0 Å². The first-order valence-corrected chi connectivity index (χ1v) is 11.1. The van der Waals surface area contributed by atoms with Gasteiger partial charge in [-0.1, -0.05) is 23.4 Å². The summed E-state index contributed by atoms with van der Waals surface area (Å²) >= 11 is 0. The van der Waals surface area contributed by atoms with Crippen LogP contribution in [0, 0.1) is 13.8 Å². The summed E-state index contributed by atoms with van der Waals surface area (Å²) in [6, 6.07) is 8.12. The minimum absolute atomic E-state index is 0.122. The molecule has 1 aliphatic heterocycles. The third-order valence-corrected chi connectivity index (χ3v) is 5.85. The summed E-state index contributed by atoms with van der Waals surface area (Å²) in [5.41, 5.74) is 2.66. The Hall–Kier alpha value is -4.41. The predicted octanol–water partition coefficient (Wildman–Crippen LogP) is 5.63. The second-order valence-electron chi connectivity index (χ2n) is 8.36. The van der Waals surface area contributed by atoms with E-state index in [1.807, 2.05) is 0 Å². The second-order valence-corrected chi connectivity index (χ2v) is 8.36. The predicted molar refractivity (Wildman–Crippen MR) is 129 cm³/mol. The molecule has 194 valence electrons. The number of aromatic hydroxyl groups is 1. The molecule has 1 aromatic heterocycles. The van der Waals surface area contributed by atoms with E-state index in [2.05, 4.69) is 21.8 Å². The molecule has 0 spiro atoms. The zero-order valence-electron chi connectivity index (χ0n) is 20.2. The molecule has 0 radical (unpaired) electrons. The van der Waals surface area contributed by atoms with Gasteiger partial charge >= 0.3 is 6.36 Å². The fourth-order valence-corrected chi connectivity index (χ4v) is 4.20. The quantitative estimate of drug-likeness (QED) is 0.394. The van der Waals surface area contributed by atoms with Gasteiger partial charge < -0.3 is 29.3 Å². The van der Waals surface area contributed by atoms with Crippen LogP contribution in [0.5, 0.6) is 17.2 Å². The maximum atomic E-state index is 13.4. The van der Waals surface area contributed by atoms with E-state index in [1.165, 1.54) is 31.4 Å². The Morgan fingerprint density at radius 1 is 1.30 bits per heavy atom. The summed E-state index contributed by atoms with van der Waals surface area (Å²) in [5.74, 6) is -0.405. The molecule has 1 atom stereocenters. The van der Waals surface area contributed by atoms with E-state index in [9.17, 15) is 23.1 Å². The average molecular weight is 515 g/mol. The molecule has 8 nitrogen and oxygen atoms in total. The number of anilines is 1. The van der Waals surface area contributed by atoms with Crippen LogP contribution in [0.1, 0.15) is 34.2 Å². The van der Waals surface area contributed by atoms with E-state index in [1.54, 1.807) is 43.2 Å². The van der Waals surface area contributed by atoms with E-state index >= 15 is 0 Å². The molecule has 11 heteroatoms. The molecule has 1 amide bonds. The van der Waals surface area contributed by atoms with Crippen molar-refractivity contribution in [2.45, 2.75) is 32.8 Å². The number of fused-ring (bicyclic) bond motifs is 1. The highest BCUT2D eigenvalue weighted by Crippen LogP contribution is 2.42. The first kappa shape index (κ1) is 25.7. The molecular formula is C26H24F3N3O5. The lowest BCUT2D eigenvalue weighted by Crippen LogP contribution is -2.29. The minimum atomic E-state index is -4.83. The number of halogens is 3. The Bertz CT molecular complexity index is 1360. The van der Waals surface area contributed by atoms with Gasteiger partial charge in [0.2, 0.25) is 0 Å². The zero-order chi connectivity index (χ0) is 26.9. The average Bonchev–Trinajstić information content (AvgIpc) is 3.14. The standard InChI is InChI=1S/C26H24F3N3O5/c1-5-21-19-11-23(35-4)22(33)10-18(19)20(25(34)30-24-14(2)31-37-15(24)3)13-32(21)12-16-7-6-8-17(9-16)36-26(27,28)29/h5-11,13,21,33H,1,12H2,2-4H3,(H,30,34). The van der Waals surface area contributed by atoms with Crippen molar-refractivity contribution in [3.8, 4) is 17.2 Å². The Morgan fingerprint density at radius 2 is 2.05 bits per heavy atom. The molecule has 0 saturated carbocycles. The summed E-state index contributed by atoms with van der Waals surface area (Å²) in [5, 5.41) is 17.1. The number of phenolic OH excluding ortho intramolecular Hbond substituents is 1. The van der Waals surface area contributed by atoms with Crippen LogP contribution in [0.15, 0.2) is 59.8 Å². The summed E-state index contributed by atoms with van der Waals surface area (Å²) in [6.45, 7) is 7.37. The van der Waals surface area contributed by atoms with Gasteiger partial charge in [-0.15, -0.1) is 19.8 Å². The highest BCUT2D eigenvalue weighted by Gasteiger charge is 2.32. The summed E-state index contributed by atoms with van der Waals surface area (Å²) in [6.07, 6.45) is -1.62. The summed E-state index contributed by atoms with van der Waals surface area (Å²) in [4.78, 5) is 15.2. The molecule has 0 fully saturated rings. The Labute approximate surface area is 210 Å². The third-order valence-electron chi connectivity index (χ3n) is 5.85. The molecule has 1 aliphatic rings. The van der Waals surface area contributed by atoms with E-state index in [0.717, 1.165) is 0 Å². The minimum Gasteiger partial charge on any atom is -0.504 e. The first-order valence-electron chi connectivity index (χ1n) is 11.1. The van der Waals surface area contributed by atoms with Gasteiger partial charge in [-0.3, -0.25) is 4.79 Å². The van der Waals surface area contributed by atoms with Gasteiger partial charge in [-0.05, 0) is 54.8 Å². The Balaban J connectivity index is 1.76. The lowest BCUT2D eigenvalue weighted by Gasteiger charge is -2.35. The van der Waals surface area contributed by atoms with Gasteiger partial charge in [0.05, 0.1) is 18.7 Å². The van der Waals surface area contributed by atoms with Gasteiger partial charge in [0, 0.05) is 12.7 Å². The zero-order valence-corrected chi connectivity index (χ0v) is 20.2. The van der Waals surface area contributed by atoms with Crippen LogP contribution >= 0.6 is 0 Å². The second kappa shape index (κ2) is 9.92. The van der Waals surface area contributed by atoms with Crippen molar-refractivity contribution in [1.82, 2.24) is 10.1 Å². The van der Waals surface area contributed by atoms with Gasteiger partial charge in [-0.25, -0.2) is 0 Å². The number of rotatable bonds is 7. The van der Waals surface area contributed by atoms with Crippen LogP contribution in [0.2, 0.25) is 0 Å².